The van der Waals surface area contributed by atoms with Crippen molar-refractivity contribution in [3.8, 4) is 5.75 Å². The van der Waals surface area contributed by atoms with Gasteiger partial charge in [0.25, 0.3) is 0 Å². The van der Waals surface area contributed by atoms with E-state index in [4.69, 9.17) is 10.5 Å². The van der Waals surface area contributed by atoms with E-state index < -0.39 is 0 Å². The van der Waals surface area contributed by atoms with Crippen molar-refractivity contribution in [3.63, 3.8) is 0 Å². The highest BCUT2D eigenvalue weighted by atomic mass is 79.9. The molecule has 14 heavy (non-hydrogen) atoms. The molecule has 2 nitrogen and oxygen atoms in total. The topological polar surface area (TPSA) is 35.2 Å². The summed E-state index contributed by atoms with van der Waals surface area (Å²) in [7, 11) is 1.69. The van der Waals surface area contributed by atoms with Crippen LogP contribution in [-0.2, 0) is 5.54 Å². The van der Waals surface area contributed by atoms with Gasteiger partial charge < -0.3 is 10.5 Å². The summed E-state index contributed by atoms with van der Waals surface area (Å²) in [5.41, 5.74) is 8.43. The molecule has 2 rings (SSSR count). The third-order valence-corrected chi connectivity index (χ3v) is 3.73. The fourth-order valence-corrected chi connectivity index (χ4v) is 2.17. The van der Waals surface area contributed by atoms with Gasteiger partial charge in [-0.25, -0.2) is 0 Å². The first-order chi connectivity index (χ1) is 6.58. The highest BCUT2D eigenvalue weighted by Crippen LogP contribution is 2.49. The third-order valence-electron chi connectivity index (χ3n) is 2.87. The number of hydrogen-bond acceptors (Lipinski definition) is 2. The van der Waals surface area contributed by atoms with Gasteiger partial charge >= 0.3 is 0 Å². The van der Waals surface area contributed by atoms with E-state index in [1.807, 2.05) is 12.1 Å². The van der Waals surface area contributed by atoms with Gasteiger partial charge in [-0.2, -0.15) is 0 Å². The zero-order valence-electron chi connectivity index (χ0n) is 8.43. The zero-order chi connectivity index (χ0) is 10.3. The first-order valence-corrected chi connectivity index (χ1v) is 5.50. The van der Waals surface area contributed by atoms with E-state index in [0.29, 0.717) is 0 Å². The summed E-state index contributed by atoms with van der Waals surface area (Å²) in [6, 6.07) is 3.97. The summed E-state index contributed by atoms with van der Waals surface area (Å²) < 4.78 is 6.45. The van der Waals surface area contributed by atoms with Gasteiger partial charge in [-0.3, -0.25) is 0 Å². The molecule has 1 aromatic rings. The molecule has 0 saturated heterocycles. The average Bonchev–Trinajstić information content (AvgIpc) is 2.89. The SMILES string of the molecule is COc1ccc(Br)c(C)c1C1(N)CC1. The van der Waals surface area contributed by atoms with Crippen molar-refractivity contribution in [1.82, 2.24) is 0 Å². The number of nitrogens with two attached hydrogens (primary N) is 1. The zero-order valence-corrected chi connectivity index (χ0v) is 10.0. The molecule has 1 fully saturated rings. The average molecular weight is 256 g/mol. The minimum atomic E-state index is -0.140. The Hall–Kier alpha value is -0.540. The highest BCUT2D eigenvalue weighted by molar-refractivity contribution is 9.10. The van der Waals surface area contributed by atoms with Gasteiger partial charge in [0, 0.05) is 15.6 Å². The van der Waals surface area contributed by atoms with Gasteiger partial charge in [0.2, 0.25) is 0 Å². The molecule has 0 amide bonds. The van der Waals surface area contributed by atoms with Crippen molar-refractivity contribution in [2.24, 2.45) is 5.73 Å². The summed E-state index contributed by atoms with van der Waals surface area (Å²) >= 11 is 3.52. The molecule has 0 unspecified atom stereocenters. The smallest absolute Gasteiger partial charge is 0.124 e. The van der Waals surface area contributed by atoms with E-state index in [0.717, 1.165) is 28.6 Å². The standard InChI is InChI=1S/C11H14BrNO/c1-7-8(12)3-4-9(14-2)10(7)11(13)5-6-11/h3-4H,5-6,13H2,1-2H3. The predicted molar refractivity (Wildman–Crippen MR) is 60.5 cm³/mol. The second kappa shape index (κ2) is 3.24. The van der Waals surface area contributed by atoms with Crippen LogP contribution in [0.15, 0.2) is 16.6 Å². The van der Waals surface area contributed by atoms with E-state index in [1.165, 1.54) is 5.56 Å². The summed E-state index contributed by atoms with van der Waals surface area (Å²) in [6.45, 7) is 2.08. The van der Waals surface area contributed by atoms with E-state index in [9.17, 15) is 0 Å². The fourth-order valence-electron chi connectivity index (χ4n) is 1.83. The monoisotopic (exact) mass is 255 g/mol. The van der Waals surface area contributed by atoms with E-state index in [-0.39, 0.29) is 5.54 Å². The molecule has 76 valence electrons. The molecule has 1 aliphatic carbocycles. The van der Waals surface area contributed by atoms with Crippen LogP contribution in [0.5, 0.6) is 5.75 Å². The quantitative estimate of drug-likeness (QED) is 0.882. The Balaban J connectivity index is 2.59. The maximum absolute atomic E-state index is 6.21. The molecule has 0 bridgehead atoms. The van der Waals surface area contributed by atoms with Crippen molar-refractivity contribution >= 4 is 15.9 Å². The molecular weight excluding hydrogens is 242 g/mol. The first-order valence-electron chi connectivity index (χ1n) is 4.71. The van der Waals surface area contributed by atoms with Crippen molar-refractivity contribution < 1.29 is 4.74 Å². The molecule has 1 aromatic carbocycles. The number of benzene rings is 1. The van der Waals surface area contributed by atoms with Gasteiger partial charge in [0.1, 0.15) is 5.75 Å². The van der Waals surface area contributed by atoms with Gasteiger partial charge in [0.15, 0.2) is 0 Å². The lowest BCUT2D eigenvalue weighted by Gasteiger charge is -2.18. The molecule has 0 atom stereocenters. The van der Waals surface area contributed by atoms with Crippen LogP contribution in [0, 0.1) is 6.92 Å². The largest absolute Gasteiger partial charge is 0.496 e. The second-order valence-electron chi connectivity index (χ2n) is 3.91. The predicted octanol–water partition coefficient (Wildman–Crippen LogP) is 2.71. The normalized spacial score (nSPS) is 18.0. The lowest BCUT2D eigenvalue weighted by molar-refractivity contribution is 0.403. The molecule has 1 aliphatic rings. The molecule has 0 aromatic heterocycles. The maximum Gasteiger partial charge on any atom is 0.124 e. The molecule has 0 aliphatic heterocycles. The number of ether oxygens (including phenoxy) is 1. The van der Waals surface area contributed by atoms with Crippen molar-refractivity contribution in [3.05, 3.63) is 27.7 Å². The van der Waals surface area contributed by atoms with E-state index in [1.54, 1.807) is 7.11 Å². The number of hydrogen-bond donors (Lipinski definition) is 1. The molecule has 1 saturated carbocycles. The summed E-state index contributed by atoms with van der Waals surface area (Å²) in [5, 5.41) is 0. The van der Waals surface area contributed by atoms with Crippen LogP contribution < -0.4 is 10.5 Å². The highest BCUT2D eigenvalue weighted by Gasteiger charge is 2.43. The molecule has 0 spiro atoms. The maximum atomic E-state index is 6.21. The molecular formula is C11H14BrNO. The van der Waals surface area contributed by atoms with Crippen LogP contribution in [0.1, 0.15) is 24.0 Å². The molecule has 2 N–H and O–H groups in total. The Morgan fingerprint density at radius 3 is 2.57 bits per heavy atom. The third kappa shape index (κ3) is 1.44. The van der Waals surface area contributed by atoms with Crippen LogP contribution >= 0.6 is 15.9 Å². The van der Waals surface area contributed by atoms with Gasteiger partial charge in [-0.15, -0.1) is 0 Å². The lowest BCUT2D eigenvalue weighted by atomic mass is 9.99. The van der Waals surface area contributed by atoms with Crippen molar-refractivity contribution in [1.29, 1.82) is 0 Å². The Morgan fingerprint density at radius 1 is 1.43 bits per heavy atom. The Labute approximate surface area is 92.6 Å². The first kappa shape index (κ1) is 9.99. The van der Waals surface area contributed by atoms with Crippen LogP contribution in [0.25, 0.3) is 0 Å². The summed E-state index contributed by atoms with van der Waals surface area (Å²) in [4.78, 5) is 0. The van der Waals surface area contributed by atoms with Crippen LogP contribution in [0.2, 0.25) is 0 Å². The van der Waals surface area contributed by atoms with Gasteiger partial charge in [-0.1, -0.05) is 15.9 Å². The van der Waals surface area contributed by atoms with Crippen molar-refractivity contribution in [2.75, 3.05) is 7.11 Å². The Bertz CT molecular complexity index is 372. The van der Waals surface area contributed by atoms with Gasteiger partial charge in [0.05, 0.1) is 7.11 Å². The van der Waals surface area contributed by atoms with Crippen LogP contribution in [-0.4, -0.2) is 7.11 Å². The van der Waals surface area contributed by atoms with Crippen LogP contribution in [0.4, 0.5) is 0 Å². The van der Waals surface area contributed by atoms with Crippen LogP contribution in [0.3, 0.4) is 0 Å². The molecule has 3 heteroatoms. The Morgan fingerprint density at radius 2 is 2.07 bits per heavy atom. The lowest BCUT2D eigenvalue weighted by Crippen LogP contribution is -2.21. The molecule has 0 radical (unpaired) electrons. The number of rotatable bonds is 2. The van der Waals surface area contributed by atoms with E-state index >= 15 is 0 Å². The molecule has 0 heterocycles. The number of methoxy groups -OCH3 is 1. The minimum absolute atomic E-state index is 0.140. The summed E-state index contributed by atoms with van der Waals surface area (Å²) in [6.07, 6.45) is 2.11. The fraction of sp³-hybridized carbons (Fsp3) is 0.455. The van der Waals surface area contributed by atoms with Gasteiger partial charge in [-0.05, 0) is 37.5 Å². The summed E-state index contributed by atoms with van der Waals surface area (Å²) in [5.74, 6) is 0.908. The number of halogens is 1. The van der Waals surface area contributed by atoms with E-state index in [2.05, 4.69) is 22.9 Å². The second-order valence-corrected chi connectivity index (χ2v) is 4.76. The minimum Gasteiger partial charge on any atom is -0.496 e. The van der Waals surface area contributed by atoms with Crippen molar-refractivity contribution in [2.45, 2.75) is 25.3 Å². The Kier molecular flexibility index (Phi) is 2.32.